The third-order valence-corrected chi connectivity index (χ3v) is 4.52. The molecule has 0 atom stereocenters. The molecule has 0 spiro atoms. The molecule has 0 aliphatic heterocycles. The zero-order valence-electron chi connectivity index (χ0n) is 16.7. The Labute approximate surface area is 188 Å². The molecule has 0 aromatic heterocycles. The number of amides is 2. The van der Waals surface area contributed by atoms with Gasteiger partial charge in [0, 0.05) is 13.1 Å². The number of rotatable bonds is 9. The molecule has 6 nitrogen and oxygen atoms in total. The summed E-state index contributed by atoms with van der Waals surface area (Å²) in [5.74, 6) is -0.910. The number of para-hydroxylation sites is 1. The molecule has 1 N–H and O–H groups in total. The van der Waals surface area contributed by atoms with Crippen LogP contribution in [0.4, 0.5) is 14.5 Å². The summed E-state index contributed by atoms with van der Waals surface area (Å²) in [4.78, 5) is 25.7. The number of hydrogen-bond acceptors (Lipinski definition) is 4. The van der Waals surface area contributed by atoms with E-state index in [2.05, 4.69) is 10.1 Å². The van der Waals surface area contributed by atoms with Gasteiger partial charge in [0.15, 0.2) is 11.5 Å². The van der Waals surface area contributed by atoms with Crippen molar-refractivity contribution in [3.05, 3.63) is 58.1 Å². The van der Waals surface area contributed by atoms with Crippen molar-refractivity contribution < 1.29 is 27.8 Å². The second-order valence-electron chi connectivity index (χ2n) is 6.19. The number of hydrogen-bond donors (Lipinski definition) is 1. The molecule has 31 heavy (non-hydrogen) atoms. The number of nitrogens with zero attached hydrogens (tertiary/aromatic N) is 1. The highest BCUT2D eigenvalue weighted by Gasteiger charge is 2.14. The molecule has 10 heteroatoms. The Balaban J connectivity index is 2.01. The van der Waals surface area contributed by atoms with Crippen molar-refractivity contribution in [1.82, 2.24) is 4.90 Å². The molecule has 0 bridgehead atoms. The largest absolute Gasteiger partial charge is 0.490 e. The average Bonchev–Trinajstić information content (AvgIpc) is 2.70. The van der Waals surface area contributed by atoms with Crippen LogP contribution in [0.2, 0.25) is 10.0 Å². The second-order valence-corrected chi connectivity index (χ2v) is 7.00. The highest BCUT2D eigenvalue weighted by molar-refractivity contribution is 6.39. The quantitative estimate of drug-likeness (QED) is 0.515. The first-order valence-corrected chi connectivity index (χ1v) is 9.85. The lowest BCUT2D eigenvalue weighted by Gasteiger charge is -2.16. The highest BCUT2D eigenvalue weighted by Crippen LogP contribution is 2.31. The number of anilines is 1. The average molecular weight is 473 g/mol. The van der Waals surface area contributed by atoms with E-state index in [-0.39, 0.29) is 40.4 Å². The molecule has 0 heterocycles. The van der Waals surface area contributed by atoms with Gasteiger partial charge in [-0.05, 0) is 42.8 Å². The normalized spacial score (nSPS) is 10.9. The summed E-state index contributed by atoms with van der Waals surface area (Å²) in [6.45, 7) is -1.27. The van der Waals surface area contributed by atoms with E-state index in [0.29, 0.717) is 5.56 Å². The number of alkyl halides is 2. The maximum absolute atomic E-state index is 12.5. The Hall–Kier alpha value is -2.84. The van der Waals surface area contributed by atoms with Crippen LogP contribution >= 0.6 is 23.2 Å². The van der Waals surface area contributed by atoms with Crippen LogP contribution < -0.4 is 14.8 Å². The van der Waals surface area contributed by atoms with E-state index < -0.39 is 18.4 Å². The van der Waals surface area contributed by atoms with Crippen molar-refractivity contribution in [2.75, 3.05) is 25.5 Å². The first-order chi connectivity index (χ1) is 14.7. The number of ether oxygens (including phenoxy) is 2. The van der Waals surface area contributed by atoms with Gasteiger partial charge < -0.3 is 19.7 Å². The number of nitrogens with one attached hydrogen (secondary N) is 1. The molecule has 0 aliphatic rings. The fraction of sp³-hybridized carbons (Fsp3) is 0.238. The molecular weight excluding hydrogens is 453 g/mol. The maximum Gasteiger partial charge on any atom is 0.387 e. The van der Waals surface area contributed by atoms with Crippen LogP contribution in [0.15, 0.2) is 42.5 Å². The highest BCUT2D eigenvalue weighted by atomic mass is 35.5. The topological polar surface area (TPSA) is 67.9 Å². The summed E-state index contributed by atoms with van der Waals surface area (Å²) >= 11 is 12.0. The van der Waals surface area contributed by atoms with Gasteiger partial charge in [-0.1, -0.05) is 35.3 Å². The Bertz CT molecular complexity index is 950. The van der Waals surface area contributed by atoms with Gasteiger partial charge in [0.1, 0.15) is 0 Å². The van der Waals surface area contributed by atoms with Crippen LogP contribution in [-0.2, 0) is 9.59 Å². The monoisotopic (exact) mass is 472 g/mol. The molecule has 0 aliphatic carbocycles. The van der Waals surface area contributed by atoms with Crippen molar-refractivity contribution in [2.24, 2.45) is 0 Å². The fourth-order valence-corrected chi connectivity index (χ4v) is 2.97. The SMILES string of the molecule is CCOc1cc(/C=C/C(=O)N(C)CC(=O)Nc2c(Cl)cccc2Cl)ccc1OC(F)F. The van der Waals surface area contributed by atoms with E-state index in [0.717, 1.165) is 0 Å². The van der Waals surface area contributed by atoms with Gasteiger partial charge in [-0.15, -0.1) is 0 Å². The zero-order chi connectivity index (χ0) is 23.0. The molecule has 2 aromatic carbocycles. The lowest BCUT2D eigenvalue weighted by molar-refractivity contribution is -0.129. The van der Waals surface area contributed by atoms with Crippen LogP contribution in [0.25, 0.3) is 6.08 Å². The van der Waals surface area contributed by atoms with E-state index in [9.17, 15) is 18.4 Å². The van der Waals surface area contributed by atoms with Gasteiger partial charge >= 0.3 is 6.61 Å². The minimum Gasteiger partial charge on any atom is -0.490 e. The summed E-state index contributed by atoms with van der Waals surface area (Å²) in [5, 5.41) is 3.12. The van der Waals surface area contributed by atoms with Gasteiger partial charge in [-0.25, -0.2) is 0 Å². The minimum absolute atomic E-state index is 0.104. The van der Waals surface area contributed by atoms with Crippen molar-refractivity contribution in [3.8, 4) is 11.5 Å². The Morgan fingerprint density at radius 3 is 2.45 bits per heavy atom. The lowest BCUT2D eigenvalue weighted by Crippen LogP contribution is -2.34. The van der Waals surface area contributed by atoms with Crippen molar-refractivity contribution in [3.63, 3.8) is 0 Å². The van der Waals surface area contributed by atoms with E-state index in [1.54, 1.807) is 25.1 Å². The third kappa shape index (κ3) is 7.41. The summed E-state index contributed by atoms with van der Waals surface area (Å²) in [7, 11) is 1.45. The van der Waals surface area contributed by atoms with E-state index in [1.807, 2.05) is 0 Å². The standard InChI is InChI=1S/C21H20Cl2F2N2O4/c1-3-30-17-11-13(7-9-16(17)31-21(24)25)8-10-19(29)27(2)12-18(28)26-20-14(22)5-4-6-15(20)23/h4-11,21H,3,12H2,1-2H3,(H,26,28)/b10-8+. The van der Waals surface area contributed by atoms with Gasteiger partial charge in [-0.3, -0.25) is 9.59 Å². The van der Waals surface area contributed by atoms with Crippen LogP contribution in [-0.4, -0.2) is 43.5 Å². The first kappa shape index (κ1) is 24.4. The molecular formula is C21H20Cl2F2N2O4. The van der Waals surface area contributed by atoms with Gasteiger partial charge in [0.05, 0.1) is 28.9 Å². The molecule has 0 unspecified atom stereocenters. The van der Waals surface area contributed by atoms with Crippen molar-refractivity contribution in [1.29, 1.82) is 0 Å². The summed E-state index contributed by atoms with van der Waals surface area (Å²) in [5.41, 5.74) is 0.793. The Kier molecular flexibility index (Phi) is 9.08. The number of benzene rings is 2. The number of likely N-dealkylation sites (N-methyl/N-ethyl adjacent to an activating group) is 1. The van der Waals surface area contributed by atoms with Gasteiger partial charge in [-0.2, -0.15) is 8.78 Å². The predicted octanol–water partition coefficient (Wildman–Crippen LogP) is 5.10. The Morgan fingerprint density at radius 2 is 1.84 bits per heavy atom. The molecule has 166 valence electrons. The first-order valence-electron chi connectivity index (χ1n) is 9.10. The van der Waals surface area contributed by atoms with E-state index in [4.69, 9.17) is 27.9 Å². The second kappa shape index (κ2) is 11.5. The third-order valence-electron chi connectivity index (χ3n) is 3.89. The van der Waals surface area contributed by atoms with Crippen LogP contribution in [0.3, 0.4) is 0 Å². The molecule has 2 aromatic rings. The van der Waals surface area contributed by atoms with Crippen LogP contribution in [0, 0.1) is 0 Å². The minimum atomic E-state index is -2.98. The smallest absolute Gasteiger partial charge is 0.387 e. The fourth-order valence-electron chi connectivity index (χ4n) is 2.47. The van der Waals surface area contributed by atoms with E-state index in [1.165, 1.54) is 42.3 Å². The van der Waals surface area contributed by atoms with Gasteiger partial charge in [0.25, 0.3) is 0 Å². The summed E-state index contributed by atoms with van der Waals surface area (Å²) < 4.78 is 34.7. The molecule has 0 fully saturated rings. The van der Waals surface area contributed by atoms with Crippen LogP contribution in [0.5, 0.6) is 11.5 Å². The summed E-state index contributed by atoms with van der Waals surface area (Å²) in [6, 6.07) is 9.09. The van der Waals surface area contributed by atoms with E-state index >= 15 is 0 Å². The Morgan fingerprint density at radius 1 is 1.16 bits per heavy atom. The number of carbonyl (C=O) groups is 2. The number of carbonyl (C=O) groups excluding carboxylic acids is 2. The summed E-state index contributed by atoms with van der Waals surface area (Å²) in [6.07, 6.45) is 2.71. The predicted molar refractivity (Wildman–Crippen MR) is 116 cm³/mol. The maximum atomic E-state index is 12.5. The number of halogens is 4. The molecule has 2 rings (SSSR count). The van der Waals surface area contributed by atoms with Crippen molar-refractivity contribution >= 4 is 46.8 Å². The molecule has 0 saturated heterocycles. The lowest BCUT2D eigenvalue weighted by atomic mass is 10.2. The van der Waals surface area contributed by atoms with Crippen LogP contribution in [0.1, 0.15) is 12.5 Å². The zero-order valence-corrected chi connectivity index (χ0v) is 18.2. The van der Waals surface area contributed by atoms with Crippen molar-refractivity contribution in [2.45, 2.75) is 13.5 Å². The molecule has 0 radical (unpaired) electrons. The molecule has 2 amide bonds. The molecule has 0 saturated carbocycles. The van der Waals surface area contributed by atoms with Gasteiger partial charge in [0.2, 0.25) is 11.8 Å².